The van der Waals surface area contributed by atoms with Crippen molar-refractivity contribution in [3.63, 3.8) is 0 Å². The van der Waals surface area contributed by atoms with E-state index in [0.29, 0.717) is 0 Å². The Bertz CT molecular complexity index is 364. The van der Waals surface area contributed by atoms with Crippen LogP contribution in [0, 0.1) is 0 Å². The molecule has 0 unspecified atom stereocenters. The van der Waals surface area contributed by atoms with Gasteiger partial charge in [-0.3, -0.25) is 0 Å². The first-order valence-corrected chi connectivity index (χ1v) is 3.55. The highest BCUT2D eigenvalue weighted by Gasteiger charge is 1.95. The fourth-order valence-corrected chi connectivity index (χ4v) is 1.12. The average Bonchev–Trinajstić information content (AvgIpc) is 2.50. The fourth-order valence-electron chi connectivity index (χ4n) is 1.12. The topological polar surface area (TPSA) is 25.2 Å². The number of hydrogen-bond donors (Lipinski definition) is 1. The monoisotopic (exact) mass is 147 g/mol. The fraction of sp³-hybridized carbons (Fsp3) is 0.111. The molecule has 0 fully saturated rings. The number of furan rings is 1. The highest BCUT2D eigenvalue weighted by Crippen LogP contribution is 2.19. The van der Waals surface area contributed by atoms with E-state index in [1.54, 1.807) is 6.26 Å². The summed E-state index contributed by atoms with van der Waals surface area (Å²) < 4.78 is 5.19. The van der Waals surface area contributed by atoms with E-state index in [4.69, 9.17) is 4.42 Å². The summed E-state index contributed by atoms with van der Waals surface area (Å²) in [5.74, 6) is 0. The van der Waals surface area contributed by atoms with E-state index in [1.807, 2.05) is 25.2 Å². The molecule has 0 aliphatic heterocycles. The summed E-state index contributed by atoms with van der Waals surface area (Å²) in [5.41, 5.74) is 2.04. The molecule has 2 nitrogen and oxygen atoms in total. The maximum atomic E-state index is 5.19. The van der Waals surface area contributed by atoms with Crippen LogP contribution in [0.3, 0.4) is 0 Å². The van der Waals surface area contributed by atoms with Gasteiger partial charge in [-0.05, 0) is 24.3 Å². The van der Waals surface area contributed by atoms with Gasteiger partial charge in [-0.2, -0.15) is 0 Å². The van der Waals surface area contributed by atoms with Gasteiger partial charge in [0.15, 0.2) is 0 Å². The average molecular weight is 147 g/mol. The van der Waals surface area contributed by atoms with E-state index < -0.39 is 0 Å². The lowest BCUT2D eigenvalue weighted by atomic mass is 10.2. The van der Waals surface area contributed by atoms with Gasteiger partial charge >= 0.3 is 0 Å². The molecule has 56 valence electrons. The maximum Gasteiger partial charge on any atom is 0.133 e. The second-order valence-electron chi connectivity index (χ2n) is 2.42. The van der Waals surface area contributed by atoms with E-state index in [9.17, 15) is 0 Å². The van der Waals surface area contributed by atoms with Gasteiger partial charge < -0.3 is 9.73 Å². The van der Waals surface area contributed by atoms with Gasteiger partial charge in [0.2, 0.25) is 0 Å². The van der Waals surface area contributed by atoms with Crippen LogP contribution in [0.4, 0.5) is 5.69 Å². The number of anilines is 1. The van der Waals surface area contributed by atoms with Crippen LogP contribution in [-0.4, -0.2) is 7.05 Å². The number of rotatable bonds is 1. The van der Waals surface area contributed by atoms with Crippen LogP contribution in [0.15, 0.2) is 34.9 Å². The Kier molecular flexibility index (Phi) is 1.32. The molecular weight excluding hydrogens is 138 g/mol. The summed E-state index contributed by atoms with van der Waals surface area (Å²) >= 11 is 0. The van der Waals surface area contributed by atoms with E-state index in [1.165, 1.54) is 0 Å². The molecule has 0 bridgehead atoms. The van der Waals surface area contributed by atoms with Crippen molar-refractivity contribution in [1.82, 2.24) is 0 Å². The van der Waals surface area contributed by atoms with Gasteiger partial charge in [0.1, 0.15) is 5.58 Å². The van der Waals surface area contributed by atoms with E-state index in [-0.39, 0.29) is 0 Å². The summed E-state index contributed by atoms with van der Waals surface area (Å²) in [6.07, 6.45) is 1.70. The van der Waals surface area contributed by atoms with Crippen LogP contribution in [0.25, 0.3) is 11.0 Å². The van der Waals surface area contributed by atoms with Gasteiger partial charge in [-0.25, -0.2) is 0 Å². The highest BCUT2D eigenvalue weighted by atomic mass is 16.3. The molecule has 2 heteroatoms. The Balaban J connectivity index is 2.67. The number of benzene rings is 1. The minimum atomic E-state index is 0.934. The molecule has 2 aromatic rings. The third-order valence-electron chi connectivity index (χ3n) is 1.74. The Labute approximate surface area is 64.8 Å². The molecule has 0 atom stereocenters. The van der Waals surface area contributed by atoms with Crippen molar-refractivity contribution >= 4 is 16.7 Å². The largest absolute Gasteiger partial charge is 0.464 e. The van der Waals surface area contributed by atoms with Gasteiger partial charge in [-0.1, -0.05) is 0 Å². The molecule has 0 aliphatic rings. The minimum absolute atomic E-state index is 0.934. The van der Waals surface area contributed by atoms with Gasteiger partial charge in [0.25, 0.3) is 0 Å². The summed E-state index contributed by atoms with van der Waals surface area (Å²) in [4.78, 5) is 0. The quantitative estimate of drug-likeness (QED) is 0.670. The van der Waals surface area contributed by atoms with Crippen LogP contribution in [0.1, 0.15) is 0 Å². The van der Waals surface area contributed by atoms with E-state index in [2.05, 4.69) is 11.4 Å². The van der Waals surface area contributed by atoms with Crippen LogP contribution < -0.4 is 5.32 Å². The second-order valence-corrected chi connectivity index (χ2v) is 2.42. The SMILES string of the molecule is CNc1ccc2occc2c1. The van der Waals surface area contributed by atoms with Crippen molar-refractivity contribution in [3.05, 3.63) is 30.5 Å². The second kappa shape index (κ2) is 2.31. The van der Waals surface area contributed by atoms with Gasteiger partial charge in [0, 0.05) is 18.1 Å². The molecule has 1 N–H and O–H groups in total. The van der Waals surface area contributed by atoms with Crippen molar-refractivity contribution in [2.24, 2.45) is 0 Å². The molecule has 0 radical (unpaired) electrons. The third-order valence-corrected chi connectivity index (χ3v) is 1.74. The lowest BCUT2D eigenvalue weighted by molar-refractivity contribution is 0.616. The predicted octanol–water partition coefficient (Wildman–Crippen LogP) is 2.47. The third kappa shape index (κ3) is 0.963. The van der Waals surface area contributed by atoms with Gasteiger partial charge in [0.05, 0.1) is 6.26 Å². The highest BCUT2D eigenvalue weighted by molar-refractivity contribution is 5.80. The number of fused-ring (bicyclic) bond motifs is 1. The first-order valence-electron chi connectivity index (χ1n) is 3.55. The predicted molar refractivity (Wildman–Crippen MR) is 45.8 cm³/mol. The number of nitrogens with one attached hydrogen (secondary N) is 1. The van der Waals surface area contributed by atoms with Crippen LogP contribution >= 0.6 is 0 Å². The summed E-state index contributed by atoms with van der Waals surface area (Å²) in [7, 11) is 1.90. The van der Waals surface area contributed by atoms with E-state index >= 15 is 0 Å². The van der Waals surface area contributed by atoms with Crippen LogP contribution in [-0.2, 0) is 0 Å². The molecule has 0 spiro atoms. The number of hydrogen-bond acceptors (Lipinski definition) is 2. The lowest BCUT2D eigenvalue weighted by Crippen LogP contribution is -1.85. The standard InChI is InChI=1S/C9H9NO/c1-10-8-2-3-9-7(6-8)4-5-11-9/h2-6,10H,1H3. The van der Waals surface area contributed by atoms with Crippen LogP contribution in [0.2, 0.25) is 0 Å². The van der Waals surface area contributed by atoms with Crippen LogP contribution in [0.5, 0.6) is 0 Å². The van der Waals surface area contributed by atoms with Crippen molar-refractivity contribution < 1.29 is 4.42 Å². The molecule has 0 saturated heterocycles. The zero-order valence-corrected chi connectivity index (χ0v) is 6.29. The normalized spacial score (nSPS) is 10.3. The van der Waals surface area contributed by atoms with Crippen molar-refractivity contribution in [1.29, 1.82) is 0 Å². The molecule has 1 aromatic heterocycles. The first-order chi connectivity index (χ1) is 5.40. The summed E-state index contributed by atoms with van der Waals surface area (Å²) in [6, 6.07) is 7.96. The Hall–Kier alpha value is -1.44. The molecule has 0 saturated carbocycles. The molecule has 0 amide bonds. The molecule has 1 heterocycles. The molecular formula is C9H9NO. The van der Waals surface area contributed by atoms with Crippen molar-refractivity contribution in [2.45, 2.75) is 0 Å². The first kappa shape index (κ1) is 6.28. The minimum Gasteiger partial charge on any atom is -0.464 e. The van der Waals surface area contributed by atoms with E-state index in [0.717, 1.165) is 16.7 Å². The Morgan fingerprint density at radius 1 is 1.27 bits per heavy atom. The molecule has 1 aromatic carbocycles. The van der Waals surface area contributed by atoms with Crippen molar-refractivity contribution in [3.8, 4) is 0 Å². The maximum absolute atomic E-state index is 5.19. The lowest BCUT2D eigenvalue weighted by Gasteiger charge is -1.96. The molecule has 11 heavy (non-hydrogen) atoms. The van der Waals surface area contributed by atoms with Gasteiger partial charge in [-0.15, -0.1) is 0 Å². The summed E-state index contributed by atoms with van der Waals surface area (Å²) in [5, 5.41) is 4.20. The summed E-state index contributed by atoms with van der Waals surface area (Å²) in [6.45, 7) is 0. The smallest absolute Gasteiger partial charge is 0.133 e. The molecule has 0 aliphatic carbocycles. The Morgan fingerprint density at radius 3 is 3.00 bits per heavy atom. The molecule has 2 rings (SSSR count). The van der Waals surface area contributed by atoms with Crippen molar-refractivity contribution in [2.75, 3.05) is 12.4 Å². The zero-order chi connectivity index (χ0) is 7.68. The Morgan fingerprint density at radius 2 is 2.18 bits per heavy atom. The zero-order valence-electron chi connectivity index (χ0n) is 6.29.